The number of halogens is 1. The molecule has 5 heteroatoms. The molecule has 0 aromatic heterocycles. The van der Waals surface area contributed by atoms with Crippen molar-refractivity contribution < 1.29 is 9.53 Å². The minimum absolute atomic E-state index is 0.0289. The molecule has 0 saturated heterocycles. The van der Waals surface area contributed by atoms with Crippen LogP contribution in [0.25, 0.3) is 6.08 Å². The summed E-state index contributed by atoms with van der Waals surface area (Å²) in [5.41, 5.74) is 3.70. The Morgan fingerprint density at radius 2 is 1.69 bits per heavy atom. The predicted molar refractivity (Wildman–Crippen MR) is 118 cm³/mol. The zero-order valence-electron chi connectivity index (χ0n) is 15.9. The third-order valence-corrected chi connectivity index (χ3v) is 4.71. The molecule has 1 N–H and O–H groups in total. The molecule has 0 fully saturated rings. The largest absolute Gasteiger partial charge is 0.489 e. The van der Waals surface area contributed by atoms with Crippen molar-refractivity contribution in [2.75, 3.05) is 5.32 Å². The van der Waals surface area contributed by atoms with E-state index in [0.29, 0.717) is 12.3 Å². The number of nitriles is 1. The van der Waals surface area contributed by atoms with Gasteiger partial charge in [0.2, 0.25) is 0 Å². The van der Waals surface area contributed by atoms with E-state index >= 15 is 0 Å². The van der Waals surface area contributed by atoms with Gasteiger partial charge in [0.25, 0.3) is 5.91 Å². The Bertz CT molecular complexity index is 1050. The molecule has 4 nitrogen and oxygen atoms in total. The maximum absolute atomic E-state index is 12.3. The van der Waals surface area contributed by atoms with E-state index in [1.165, 1.54) is 5.56 Å². The number of carbonyl (C=O) groups is 1. The Hall–Kier alpha value is -3.36. The van der Waals surface area contributed by atoms with Crippen molar-refractivity contribution in [2.24, 2.45) is 0 Å². The quantitative estimate of drug-likeness (QED) is 0.379. The molecular weight excluding hydrogens is 428 g/mol. The van der Waals surface area contributed by atoms with Crippen LogP contribution in [0.5, 0.6) is 5.75 Å². The van der Waals surface area contributed by atoms with Crippen LogP contribution in [-0.2, 0) is 11.4 Å². The van der Waals surface area contributed by atoms with Gasteiger partial charge < -0.3 is 10.1 Å². The molecule has 0 aliphatic rings. The first-order valence-corrected chi connectivity index (χ1v) is 9.80. The zero-order valence-corrected chi connectivity index (χ0v) is 17.4. The first-order chi connectivity index (χ1) is 14.0. The van der Waals surface area contributed by atoms with Crippen LogP contribution < -0.4 is 10.1 Å². The Morgan fingerprint density at radius 3 is 2.31 bits per heavy atom. The van der Waals surface area contributed by atoms with Crippen LogP contribution in [0.3, 0.4) is 0 Å². The van der Waals surface area contributed by atoms with E-state index in [1.54, 1.807) is 18.2 Å². The van der Waals surface area contributed by atoms with Gasteiger partial charge in [0.05, 0.1) is 0 Å². The highest BCUT2D eigenvalue weighted by Gasteiger charge is 2.09. The molecule has 0 aliphatic heterocycles. The Labute approximate surface area is 178 Å². The summed E-state index contributed by atoms with van der Waals surface area (Å²) in [6.07, 6.45) is 1.55. The smallest absolute Gasteiger partial charge is 0.266 e. The second-order valence-corrected chi connectivity index (χ2v) is 7.39. The lowest BCUT2D eigenvalue weighted by Crippen LogP contribution is -2.13. The number of nitrogens with one attached hydrogen (secondary N) is 1. The highest BCUT2D eigenvalue weighted by atomic mass is 79.9. The van der Waals surface area contributed by atoms with Crippen molar-refractivity contribution in [3.63, 3.8) is 0 Å². The predicted octanol–water partition coefficient (Wildman–Crippen LogP) is 5.88. The zero-order chi connectivity index (χ0) is 20.6. The molecule has 144 valence electrons. The van der Waals surface area contributed by atoms with Gasteiger partial charge in [-0.3, -0.25) is 4.79 Å². The highest BCUT2D eigenvalue weighted by molar-refractivity contribution is 9.10. The van der Waals surface area contributed by atoms with Gasteiger partial charge in [-0.2, -0.15) is 5.26 Å². The molecule has 3 aromatic carbocycles. The van der Waals surface area contributed by atoms with Crippen molar-refractivity contribution in [1.29, 1.82) is 5.26 Å². The molecule has 1 amide bonds. The fourth-order valence-corrected chi connectivity index (χ4v) is 2.82. The standard InChI is InChI=1S/C24H19BrN2O2/c1-17-2-4-19(5-3-17)16-29-23-12-6-18(7-13-23)14-20(15-26)24(28)27-22-10-8-21(25)9-11-22/h2-14H,16H2,1H3,(H,27,28)/b20-14-. The number of nitrogens with zero attached hydrogens (tertiary/aromatic N) is 1. The topological polar surface area (TPSA) is 62.1 Å². The van der Waals surface area contributed by atoms with Crippen LogP contribution >= 0.6 is 15.9 Å². The summed E-state index contributed by atoms with van der Waals surface area (Å²) in [4.78, 5) is 12.3. The summed E-state index contributed by atoms with van der Waals surface area (Å²) in [6, 6.07) is 24.6. The summed E-state index contributed by atoms with van der Waals surface area (Å²) in [5.74, 6) is 0.273. The van der Waals surface area contributed by atoms with E-state index in [4.69, 9.17) is 4.74 Å². The minimum Gasteiger partial charge on any atom is -0.489 e. The number of aryl methyl sites for hydroxylation is 1. The molecular formula is C24H19BrN2O2. The molecule has 0 unspecified atom stereocenters. The van der Waals surface area contributed by atoms with Crippen molar-refractivity contribution in [1.82, 2.24) is 0 Å². The maximum atomic E-state index is 12.3. The molecule has 0 atom stereocenters. The maximum Gasteiger partial charge on any atom is 0.266 e. The lowest BCUT2D eigenvalue weighted by Gasteiger charge is -2.07. The van der Waals surface area contributed by atoms with Crippen LogP contribution in [0.1, 0.15) is 16.7 Å². The molecule has 0 radical (unpaired) electrons. The first-order valence-electron chi connectivity index (χ1n) is 9.00. The van der Waals surface area contributed by atoms with Crippen LogP contribution in [-0.4, -0.2) is 5.91 Å². The SMILES string of the molecule is Cc1ccc(COc2ccc(/C=C(/C#N)C(=O)Nc3ccc(Br)cc3)cc2)cc1. The molecule has 0 heterocycles. The summed E-state index contributed by atoms with van der Waals surface area (Å²) in [7, 11) is 0. The summed E-state index contributed by atoms with van der Waals surface area (Å²) in [6.45, 7) is 2.53. The van der Waals surface area contributed by atoms with E-state index < -0.39 is 5.91 Å². The minimum atomic E-state index is -0.450. The van der Waals surface area contributed by atoms with Gasteiger partial charge in [0, 0.05) is 10.2 Å². The fraction of sp³-hybridized carbons (Fsp3) is 0.0833. The number of anilines is 1. The Balaban J connectivity index is 1.63. The van der Waals surface area contributed by atoms with Gasteiger partial charge in [-0.1, -0.05) is 57.9 Å². The fourth-order valence-electron chi connectivity index (χ4n) is 2.56. The number of ether oxygens (including phenoxy) is 1. The molecule has 29 heavy (non-hydrogen) atoms. The molecule has 0 bridgehead atoms. The van der Waals surface area contributed by atoms with Crippen LogP contribution in [0, 0.1) is 18.3 Å². The van der Waals surface area contributed by atoms with Crippen LogP contribution in [0.15, 0.2) is 82.8 Å². The van der Waals surface area contributed by atoms with Crippen molar-refractivity contribution in [2.45, 2.75) is 13.5 Å². The molecule has 0 spiro atoms. The number of carbonyl (C=O) groups excluding carboxylic acids is 1. The van der Waals surface area contributed by atoms with Crippen molar-refractivity contribution in [3.8, 4) is 11.8 Å². The van der Waals surface area contributed by atoms with Crippen molar-refractivity contribution in [3.05, 3.63) is 99.5 Å². The summed E-state index contributed by atoms with van der Waals surface area (Å²) in [5, 5.41) is 12.1. The number of hydrogen-bond donors (Lipinski definition) is 1. The normalized spacial score (nSPS) is 10.9. The van der Waals surface area contributed by atoms with Gasteiger partial charge in [-0.05, 0) is 60.5 Å². The van der Waals surface area contributed by atoms with Gasteiger partial charge >= 0.3 is 0 Å². The summed E-state index contributed by atoms with van der Waals surface area (Å²) < 4.78 is 6.70. The van der Waals surface area contributed by atoms with Crippen LogP contribution in [0.4, 0.5) is 5.69 Å². The third kappa shape index (κ3) is 6.06. The lowest BCUT2D eigenvalue weighted by molar-refractivity contribution is -0.112. The van der Waals surface area contributed by atoms with Gasteiger partial charge in [-0.15, -0.1) is 0 Å². The van der Waals surface area contributed by atoms with Gasteiger partial charge in [0.15, 0.2) is 0 Å². The number of benzene rings is 3. The number of rotatable bonds is 6. The summed E-state index contributed by atoms with van der Waals surface area (Å²) >= 11 is 3.34. The Kier molecular flexibility index (Phi) is 6.83. The molecule has 3 rings (SSSR count). The van der Waals surface area contributed by atoms with Gasteiger partial charge in [0.1, 0.15) is 24.0 Å². The van der Waals surface area contributed by atoms with E-state index in [0.717, 1.165) is 21.3 Å². The number of hydrogen-bond acceptors (Lipinski definition) is 3. The molecule has 3 aromatic rings. The average Bonchev–Trinajstić information content (AvgIpc) is 2.74. The van der Waals surface area contributed by atoms with Crippen molar-refractivity contribution >= 4 is 33.6 Å². The lowest BCUT2D eigenvalue weighted by atomic mass is 10.1. The van der Waals surface area contributed by atoms with E-state index in [-0.39, 0.29) is 5.57 Å². The van der Waals surface area contributed by atoms with E-state index in [9.17, 15) is 10.1 Å². The second kappa shape index (κ2) is 9.72. The first kappa shape index (κ1) is 20.4. The average molecular weight is 447 g/mol. The van der Waals surface area contributed by atoms with E-state index in [2.05, 4.69) is 33.4 Å². The van der Waals surface area contributed by atoms with Crippen LogP contribution in [0.2, 0.25) is 0 Å². The Morgan fingerprint density at radius 1 is 1.03 bits per heavy atom. The molecule has 0 aliphatic carbocycles. The molecule has 0 saturated carbocycles. The van der Waals surface area contributed by atoms with Gasteiger partial charge in [-0.25, -0.2) is 0 Å². The monoisotopic (exact) mass is 446 g/mol. The van der Waals surface area contributed by atoms with E-state index in [1.807, 2.05) is 61.5 Å². The second-order valence-electron chi connectivity index (χ2n) is 6.47. The number of amides is 1. The third-order valence-electron chi connectivity index (χ3n) is 4.18. The highest BCUT2D eigenvalue weighted by Crippen LogP contribution is 2.18.